The normalized spacial score (nSPS) is 23.5. The van der Waals surface area contributed by atoms with Crippen LogP contribution in [0.25, 0.3) is 0 Å². The topological polar surface area (TPSA) is 44.8 Å². The van der Waals surface area contributed by atoms with Gasteiger partial charge in [0.1, 0.15) is 0 Å². The van der Waals surface area contributed by atoms with Gasteiger partial charge in [-0.05, 0) is 89.7 Å². The Hall–Kier alpha value is -1.43. The number of carbonyl (C=O) groups excluding carboxylic acids is 1. The van der Waals surface area contributed by atoms with Crippen LogP contribution in [0.3, 0.4) is 0 Å². The van der Waals surface area contributed by atoms with E-state index in [2.05, 4.69) is 45.4 Å². The Balaban J connectivity index is 1.11. The fourth-order valence-electron chi connectivity index (χ4n) is 5.35. The highest BCUT2D eigenvalue weighted by atomic mass is 16.5. The number of ether oxygens (including phenoxy) is 1. The van der Waals surface area contributed by atoms with E-state index in [1.807, 2.05) is 0 Å². The highest BCUT2D eigenvalue weighted by Gasteiger charge is 2.31. The summed E-state index contributed by atoms with van der Waals surface area (Å²) in [5, 5.41) is 3.28. The van der Waals surface area contributed by atoms with E-state index < -0.39 is 0 Å². The zero-order valence-electron chi connectivity index (χ0n) is 18.4. The SMILES string of the molecule is O=C(NC1CCOCC1)C1CCN(C2CCN(CCCc3ccccc3)CC2)CC1. The molecule has 4 rings (SSSR count). The Morgan fingerprint density at radius 2 is 1.63 bits per heavy atom. The van der Waals surface area contributed by atoms with Gasteiger partial charge in [-0.3, -0.25) is 4.79 Å². The van der Waals surface area contributed by atoms with Gasteiger partial charge >= 0.3 is 0 Å². The highest BCUT2D eigenvalue weighted by Crippen LogP contribution is 2.24. The number of hydrogen-bond donors (Lipinski definition) is 1. The standard InChI is InChI=1S/C25H39N3O2/c29-25(26-23-12-19-30-20-13-23)22-8-17-28(18-9-22)24-10-15-27(16-11-24)14-4-7-21-5-2-1-3-6-21/h1-3,5-6,22-24H,4,7-20H2,(H,26,29). The monoisotopic (exact) mass is 413 g/mol. The molecule has 0 atom stereocenters. The van der Waals surface area contributed by atoms with Gasteiger partial charge in [0, 0.05) is 31.2 Å². The van der Waals surface area contributed by atoms with Crippen LogP contribution in [0.15, 0.2) is 30.3 Å². The molecule has 0 unspecified atom stereocenters. The quantitative estimate of drug-likeness (QED) is 0.746. The molecule has 0 saturated carbocycles. The van der Waals surface area contributed by atoms with Gasteiger partial charge in [-0.2, -0.15) is 0 Å². The predicted molar refractivity (Wildman–Crippen MR) is 121 cm³/mol. The van der Waals surface area contributed by atoms with Gasteiger partial charge in [-0.25, -0.2) is 0 Å². The third-order valence-corrected chi connectivity index (χ3v) is 7.32. The lowest BCUT2D eigenvalue weighted by molar-refractivity contribution is -0.128. The average molecular weight is 414 g/mol. The van der Waals surface area contributed by atoms with E-state index in [-0.39, 0.29) is 11.8 Å². The summed E-state index contributed by atoms with van der Waals surface area (Å²) in [5.74, 6) is 0.497. The van der Waals surface area contributed by atoms with Crippen molar-refractivity contribution in [3.05, 3.63) is 35.9 Å². The van der Waals surface area contributed by atoms with Crippen molar-refractivity contribution < 1.29 is 9.53 Å². The smallest absolute Gasteiger partial charge is 0.223 e. The van der Waals surface area contributed by atoms with Crippen molar-refractivity contribution in [1.29, 1.82) is 0 Å². The van der Waals surface area contributed by atoms with Crippen molar-refractivity contribution in [1.82, 2.24) is 15.1 Å². The van der Waals surface area contributed by atoms with Gasteiger partial charge in [0.25, 0.3) is 0 Å². The Labute approximate surface area is 182 Å². The Morgan fingerprint density at radius 1 is 0.933 bits per heavy atom. The molecule has 3 aliphatic heterocycles. The summed E-state index contributed by atoms with van der Waals surface area (Å²) >= 11 is 0. The van der Waals surface area contributed by atoms with E-state index in [9.17, 15) is 4.79 Å². The lowest BCUT2D eigenvalue weighted by atomic mass is 9.92. The maximum atomic E-state index is 12.6. The van der Waals surface area contributed by atoms with Crippen LogP contribution in [0, 0.1) is 5.92 Å². The van der Waals surface area contributed by atoms with Gasteiger partial charge in [0.2, 0.25) is 5.91 Å². The summed E-state index contributed by atoms with van der Waals surface area (Å²) in [6.07, 6.45) is 8.97. The fraction of sp³-hybridized carbons (Fsp3) is 0.720. The largest absolute Gasteiger partial charge is 0.381 e. The molecule has 0 aliphatic carbocycles. The number of nitrogens with zero attached hydrogens (tertiary/aromatic N) is 2. The number of amides is 1. The Bertz CT molecular complexity index is 631. The predicted octanol–water partition coefficient (Wildman–Crippen LogP) is 3.09. The van der Waals surface area contributed by atoms with Crippen LogP contribution in [0.2, 0.25) is 0 Å². The van der Waals surface area contributed by atoms with Crippen molar-refractivity contribution in [2.75, 3.05) is 45.9 Å². The number of hydrogen-bond acceptors (Lipinski definition) is 4. The number of benzene rings is 1. The van der Waals surface area contributed by atoms with E-state index in [4.69, 9.17) is 4.74 Å². The number of nitrogens with one attached hydrogen (secondary N) is 1. The molecule has 1 amide bonds. The van der Waals surface area contributed by atoms with Crippen LogP contribution < -0.4 is 5.32 Å². The minimum absolute atomic E-state index is 0.210. The molecule has 3 aliphatic rings. The van der Waals surface area contributed by atoms with E-state index in [0.717, 1.165) is 58.0 Å². The summed E-state index contributed by atoms with van der Waals surface area (Å²) in [5.41, 5.74) is 1.45. The van der Waals surface area contributed by atoms with Crippen LogP contribution in [-0.4, -0.2) is 73.7 Å². The van der Waals surface area contributed by atoms with Crippen molar-refractivity contribution in [3.63, 3.8) is 0 Å². The van der Waals surface area contributed by atoms with Gasteiger partial charge < -0.3 is 19.9 Å². The van der Waals surface area contributed by atoms with Gasteiger partial charge in [-0.15, -0.1) is 0 Å². The zero-order valence-corrected chi connectivity index (χ0v) is 18.4. The second kappa shape index (κ2) is 11.3. The van der Waals surface area contributed by atoms with E-state index in [0.29, 0.717) is 6.04 Å². The van der Waals surface area contributed by atoms with Crippen molar-refractivity contribution in [2.45, 2.75) is 63.5 Å². The van der Waals surface area contributed by atoms with Crippen LogP contribution >= 0.6 is 0 Å². The molecular formula is C25H39N3O2. The number of piperidine rings is 2. The maximum Gasteiger partial charge on any atom is 0.223 e. The molecule has 1 N–H and O–H groups in total. The summed E-state index contributed by atoms with van der Waals surface area (Å²) in [6.45, 7) is 7.42. The Morgan fingerprint density at radius 3 is 2.33 bits per heavy atom. The minimum atomic E-state index is 0.210. The van der Waals surface area contributed by atoms with Crippen molar-refractivity contribution in [3.8, 4) is 0 Å². The third-order valence-electron chi connectivity index (χ3n) is 7.32. The molecular weight excluding hydrogens is 374 g/mol. The van der Waals surface area contributed by atoms with Gasteiger partial charge in [0.15, 0.2) is 0 Å². The molecule has 5 nitrogen and oxygen atoms in total. The Kier molecular flexibility index (Phi) is 8.18. The number of aryl methyl sites for hydroxylation is 1. The molecule has 3 heterocycles. The number of carbonyl (C=O) groups is 1. The second-order valence-corrected chi connectivity index (χ2v) is 9.37. The molecule has 5 heteroatoms. The third kappa shape index (κ3) is 6.29. The van der Waals surface area contributed by atoms with Crippen LogP contribution in [0.5, 0.6) is 0 Å². The molecule has 3 saturated heterocycles. The highest BCUT2D eigenvalue weighted by molar-refractivity contribution is 5.79. The zero-order chi connectivity index (χ0) is 20.6. The average Bonchev–Trinajstić information content (AvgIpc) is 2.81. The molecule has 1 aromatic rings. The van der Waals surface area contributed by atoms with Crippen LogP contribution in [0.4, 0.5) is 0 Å². The van der Waals surface area contributed by atoms with Crippen molar-refractivity contribution in [2.24, 2.45) is 5.92 Å². The first-order valence-corrected chi connectivity index (χ1v) is 12.2. The first-order valence-electron chi connectivity index (χ1n) is 12.2. The summed E-state index contributed by atoms with van der Waals surface area (Å²) in [6, 6.07) is 11.9. The van der Waals surface area contributed by atoms with E-state index >= 15 is 0 Å². The first-order chi connectivity index (χ1) is 14.8. The molecule has 0 spiro atoms. The molecule has 0 aromatic heterocycles. The molecule has 1 aromatic carbocycles. The summed E-state index contributed by atoms with van der Waals surface area (Å²) in [7, 11) is 0. The van der Waals surface area contributed by atoms with Crippen LogP contribution in [0.1, 0.15) is 50.5 Å². The second-order valence-electron chi connectivity index (χ2n) is 9.37. The fourth-order valence-corrected chi connectivity index (χ4v) is 5.35. The number of rotatable bonds is 7. The van der Waals surface area contributed by atoms with Gasteiger partial charge in [-0.1, -0.05) is 30.3 Å². The molecule has 0 radical (unpaired) electrons. The molecule has 166 valence electrons. The minimum Gasteiger partial charge on any atom is -0.381 e. The van der Waals surface area contributed by atoms with Crippen LogP contribution in [-0.2, 0) is 16.0 Å². The lowest BCUT2D eigenvalue weighted by Crippen LogP contribution is -2.50. The lowest BCUT2D eigenvalue weighted by Gasteiger charge is -2.41. The first kappa shape index (κ1) is 21.8. The van der Waals surface area contributed by atoms with E-state index in [1.54, 1.807) is 0 Å². The molecule has 30 heavy (non-hydrogen) atoms. The summed E-state index contributed by atoms with van der Waals surface area (Å²) < 4.78 is 5.40. The maximum absolute atomic E-state index is 12.6. The molecule has 3 fully saturated rings. The van der Waals surface area contributed by atoms with E-state index in [1.165, 1.54) is 50.9 Å². The molecule has 0 bridgehead atoms. The van der Waals surface area contributed by atoms with Crippen molar-refractivity contribution >= 4 is 5.91 Å². The van der Waals surface area contributed by atoms with Gasteiger partial charge in [0.05, 0.1) is 0 Å². The summed E-state index contributed by atoms with van der Waals surface area (Å²) in [4.78, 5) is 17.9. The number of likely N-dealkylation sites (tertiary alicyclic amines) is 2.